The van der Waals surface area contributed by atoms with Crippen molar-refractivity contribution in [3.8, 4) is 6.07 Å². The summed E-state index contributed by atoms with van der Waals surface area (Å²) in [6.45, 7) is 3.53. The largest absolute Gasteiger partial charge is 0.463 e. The molecule has 0 saturated heterocycles. The quantitative estimate of drug-likeness (QED) is 0.866. The fraction of sp³-hybridized carbons (Fsp3) is 0.250. The number of nitrogens with zero attached hydrogens (tertiary/aromatic N) is 1. The number of ether oxygens (including phenoxy) is 2. The van der Waals surface area contributed by atoms with Gasteiger partial charge in [-0.1, -0.05) is 29.8 Å². The molecular weight excluding hydrogens is 304 g/mol. The summed E-state index contributed by atoms with van der Waals surface area (Å²) in [5.41, 5.74) is 6.78. The van der Waals surface area contributed by atoms with Crippen LogP contribution < -0.4 is 5.73 Å². The maximum atomic E-state index is 12.3. The van der Waals surface area contributed by atoms with Crippen molar-refractivity contribution in [2.24, 2.45) is 5.73 Å². The smallest absolute Gasteiger partial charge is 0.338 e. The lowest BCUT2D eigenvalue weighted by molar-refractivity contribution is -0.139. The van der Waals surface area contributed by atoms with Crippen LogP contribution >= 0.6 is 11.6 Å². The topological polar surface area (TPSA) is 85.3 Å². The van der Waals surface area contributed by atoms with E-state index in [0.717, 1.165) is 0 Å². The molecule has 5 nitrogen and oxygen atoms in total. The van der Waals surface area contributed by atoms with E-state index in [1.54, 1.807) is 38.1 Å². The molecule has 1 aliphatic rings. The number of hydrogen-bond acceptors (Lipinski definition) is 5. The molecule has 22 heavy (non-hydrogen) atoms. The maximum Gasteiger partial charge on any atom is 0.338 e. The number of carbonyl (C=O) groups excluding carboxylic acids is 1. The van der Waals surface area contributed by atoms with Crippen LogP contribution in [-0.4, -0.2) is 12.6 Å². The molecule has 1 atom stereocenters. The SMILES string of the molecule is CCOC(=O)C1=C(C)OC(N)=C(C#N)C1c1ccccc1Cl. The third kappa shape index (κ3) is 2.78. The molecule has 0 bridgehead atoms. The van der Waals surface area contributed by atoms with Crippen LogP contribution in [0.2, 0.25) is 5.02 Å². The van der Waals surface area contributed by atoms with Crippen molar-refractivity contribution in [2.45, 2.75) is 19.8 Å². The summed E-state index contributed by atoms with van der Waals surface area (Å²) in [4.78, 5) is 12.3. The predicted molar refractivity (Wildman–Crippen MR) is 81.4 cm³/mol. The number of rotatable bonds is 3. The van der Waals surface area contributed by atoms with Gasteiger partial charge in [-0.25, -0.2) is 4.79 Å². The van der Waals surface area contributed by atoms with Crippen LogP contribution in [-0.2, 0) is 14.3 Å². The maximum absolute atomic E-state index is 12.3. The van der Waals surface area contributed by atoms with Gasteiger partial charge in [-0.2, -0.15) is 5.26 Å². The molecule has 1 aliphatic heterocycles. The average Bonchev–Trinajstić information content (AvgIpc) is 2.47. The summed E-state index contributed by atoms with van der Waals surface area (Å²) in [7, 11) is 0. The minimum absolute atomic E-state index is 0.0297. The first-order chi connectivity index (χ1) is 10.5. The first-order valence-corrected chi connectivity index (χ1v) is 7.08. The Labute approximate surface area is 133 Å². The van der Waals surface area contributed by atoms with E-state index in [2.05, 4.69) is 0 Å². The molecule has 0 saturated carbocycles. The summed E-state index contributed by atoms with van der Waals surface area (Å²) >= 11 is 6.23. The van der Waals surface area contributed by atoms with E-state index in [1.165, 1.54) is 0 Å². The van der Waals surface area contributed by atoms with Crippen molar-refractivity contribution in [1.29, 1.82) is 5.26 Å². The number of hydrogen-bond donors (Lipinski definition) is 1. The molecule has 6 heteroatoms. The van der Waals surface area contributed by atoms with Crippen LogP contribution in [0.25, 0.3) is 0 Å². The monoisotopic (exact) mass is 318 g/mol. The Morgan fingerprint density at radius 1 is 1.50 bits per heavy atom. The lowest BCUT2D eigenvalue weighted by atomic mass is 9.83. The van der Waals surface area contributed by atoms with Gasteiger partial charge >= 0.3 is 5.97 Å². The molecule has 1 aromatic rings. The van der Waals surface area contributed by atoms with E-state index >= 15 is 0 Å². The molecule has 0 radical (unpaired) electrons. The zero-order chi connectivity index (χ0) is 16.3. The summed E-state index contributed by atoms with van der Waals surface area (Å²) in [5.74, 6) is -0.977. The van der Waals surface area contributed by atoms with Gasteiger partial charge in [-0.05, 0) is 25.5 Å². The number of nitriles is 1. The molecule has 1 aromatic carbocycles. The number of nitrogens with two attached hydrogens (primary N) is 1. The van der Waals surface area contributed by atoms with Gasteiger partial charge in [0.25, 0.3) is 0 Å². The van der Waals surface area contributed by atoms with Gasteiger partial charge in [0.05, 0.1) is 18.1 Å². The molecule has 0 aromatic heterocycles. The van der Waals surface area contributed by atoms with Gasteiger partial charge < -0.3 is 15.2 Å². The van der Waals surface area contributed by atoms with Crippen LogP contribution in [0.3, 0.4) is 0 Å². The van der Waals surface area contributed by atoms with E-state index in [0.29, 0.717) is 16.3 Å². The third-order valence-corrected chi connectivity index (χ3v) is 3.66. The Hall–Kier alpha value is -2.45. The van der Waals surface area contributed by atoms with Crippen molar-refractivity contribution in [3.05, 3.63) is 57.6 Å². The van der Waals surface area contributed by atoms with Crippen molar-refractivity contribution >= 4 is 17.6 Å². The second-order valence-electron chi connectivity index (χ2n) is 4.64. The lowest BCUT2D eigenvalue weighted by Gasteiger charge is -2.27. The molecule has 1 unspecified atom stereocenters. The molecule has 0 amide bonds. The van der Waals surface area contributed by atoms with Crippen LogP contribution in [0.1, 0.15) is 25.3 Å². The van der Waals surface area contributed by atoms with Gasteiger partial charge in [0.1, 0.15) is 17.4 Å². The number of halogens is 1. The first-order valence-electron chi connectivity index (χ1n) is 6.71. The first kappa shape index (κ1) is 15.9. The fourth-order valence-electron chi connectivity index (χ4n) is 2.38. The van der Waals surface area contributed by atoms with Gasteiger partial charge in [0.2, 0.25) is 5.88 Å². The van der Waals surface area contributed by atoms with E-state index in [9.17, 15) is 10.1 Å². The Kier molecular flexibility index (Phi) is 4.74. The van der Waals surface area contributed by atoms with Gasteiger partial charge in [0, 0.05) is 5.02 Å². The molecule has 2 N–H and O–H groups in total. The standard InChI is InChI=1S/C16H15ClN2O3/c1-3-21-16(20)13-9(2)22-15(19)11(8-18)14(13)10-6-4-5-7-12(10)17/h4-7,14H,3,19H2,1-2H3. The highest BCUT2D eigenvalue weighted by Gasteiger charge is 2.37. The molecule has 0 spiro atoms. The van der Waals surface area contributed by atoms with Gasteiger partial charge in [0.15, 0.2) is 0 Å². The number of carbonyl (C=O) groups is 1. The zero-order valence-electron chi connectivity index (χ0n) is 12.2. The summed E-state index contributed by atoms with van der Waals surface area (Å²) < 4.78 is 10.4. The lowest BCUT2D eigenvalue weighted by Crippen LogP contribution is -2.25. The Balaban J connectivity index is 2.65. The summed E-state index contributed by atoms with van der Waals surface area (Å²) in [6, 6.07) is 8.99. The molecular formula is C16H15ClN2O3. The van der Waals surface area contributed by atoms with Crippen LogP contribution in [0.4, 0.5) is 0 Å². The van der Waals surface area contributed by atoms with Gasteiger partial charge in [-0.15, -0.1) is 0 Å². The third-order valence-electron chi connectivity index (χ3n) is 3.32. The Bertz CT molecular complexity index is 716. The highest BCUT2D eigenvalue weighted by atomic mass is 35.5. The number of benzene rings is 1. The van der Waals surface area contributed by atoms with E-state index in [1.807, 2.05) is 6.07 Å². The Morgan fingerprint density at radius 3 is 2.77 bits per heavy atom. The normalized spacial score (nSPS) is 17.8. The minimum Gasteiger partial charge on any atom is -0.463 e. The predicted octanol–water partition coefficient (Wildman–Crippen LogP) is 2.98. The fourth-order valence-corrected chi connectivity index (χ4v) is 2.62. The second-order valence-corrected chi connectivity index (χ2v) is 5.04. The van der Waals surface area contributed by atoms with Crippen LogP contribution in [0, 0.1) is 11.3 Å². The van der Waals surface area contributed by atoms with Crippen LogP contribution in [0.5, 0.6) is 0 Å². The van der Waals surface area contributed by atoms with Crippen LogP contribution in [0.15, 0.2) is 47.1 Å². The molecule has 0 aliphatic carbocycles. The molecule has 2 rings (SSSR count). The average molecular weight is 319 g/mol. The summed E-state index contributed by atoms with van der Waals surface area (Å²) in [6.07, 6.45) is 0. The van der Waals surface area contributed by atoms with E-state index in [-0.39, 0.29) is 23.6 Å². The zero-order valence-corrected chi connectivity index (χ0v) is 13.0. The van der Waals surface area contributed by atoms with Crippen molar-refractivity contribution in [2.75, 3.05) is 6.61 Å². The Morgan fingerprint density at radius 2 is 2.18 bits per heavy atom. The molecule has 1 heterocycles. The molecule has 0 fully saturated rings. The number of esters is 1. The second kappa shape index (κ2) is 6.54. The molecule has 114 valence electrons. The van der Waals surface area contributed by atoms with Crippen molar-refractivity contribution in [1.82, 2.24) is 0 Å². The number of allylic oxidation sites excluding steroid dienone is 2. The van der Waals surface area contributed by atoms with E-state index < -0.39 is 11.9 Å². The van der Waals surface area contributed by atoms with Gasteiger partial charge in [-0.3, -0.25) is 0 Å². The highest BCUT2D eigenvalue weighted by molar-refractivity contribution is 6.31. The summed E-state index contributed by atoms with van der Waals surface area (Å²) in [5, 5.41) is 9.85. The van der Waals surface area contributed by atoms with Crippen molar-refractivity contribution in [3.63, 3.8) is 0 Å². The minimum atomic E-state index is -0.702. The van der Waals surface area contributed by atoms with Crippen molar-refractivity contribution < 1.29 is 14.3 Å². The van der Waals surface area contributed by atoms with E-state index in [4.69, 9.17) is 26.8 Å². The highest BCUT2D eigenvalue weighted by Crippen LogP contribution is 2.41.